The molecule has 2 amide bonds. The fraction of sp³-hybridized carbons (Fsp3) is 0.167. The minimum atomic E-state index is -1.15. The minimum Gasteiger partial charge on any atom is -0.497 e. The van der Waals surface area contributed by atoms with Gasteiger partial charge in [-0.25, -0.2) is 13.8 Å². The number of nitrogens with two attached hydrogens (primary N) is 1. The zero-order valence-electron chi connectivity index (χ0n) is 18.6. The third kappa shape index (κ3) is 4.29. The average molecular weight is 465 g/mol. The summed E-state index contributed by atoms with van der Waals surface area (Å²) in [6.45, 7) is 4.00. The first-order chi connectivity index (χ1) is 16.2. The number of hydrogen-bond donors (Lipinski definition) is 2. The number of nitrogens with one attached hydrogen (secondary N) is 1. The minimum absolute atomic E-state index is 0.0438. The molecule has 0 fully saturated rings. The molecule has 4 rings (SSSR count). The van der Waals surface area contributed by atoms with Crippen LogP contribution in [0.25, 0.3) is 10.9 Å². The summed E-state index contributed by atoms with van der Waals surface area (Å²) in [5, 5.41) is 7.32. The second kappa shape index (κ2) is 8.89. The lowest BCUT2D eigenvalue weighted by atomic mass is 10.1. The number of halogens is 2. The number of aryl methyl sites for hydroxylation is 1. The van der Waals surface area contributed by atoms with Crippen molar-refractivity contribution in [3.05, 3.63) is 82.3 Å². The second-order valence-corrected chi connectivity index (χ2v) is 7.71. The van der Waals surface area contributed by atoms with Gasteiger partial charge in [0.1, 0.15) is 11.4 Å². The van der Waals surface area contributed by atoms with Crippen molar-refractivity contribution in [1.29, 1.82) is 0 Å². The van der Waals surface area contributed by atoms with Crippen LogP contribution in [0.4, 0.5) is 14.5 Å². The van der Waals surface area contributed by atoms with Crippen molar-refractivity contribution in [3.63, 3.8) is 0 Å². The highest BCUT2D eigenvalue weighted by molar-refractivity contribution is 6.14. The third-order valence-corrected chi connectivity index (χ3v) is 5.46. The molecule has 2 aromatic heterocycles. The van der Waals surface area contributed by atoms with Gasteiger partial charge in [-0.15, -0.1) is 0 Å². The Balaban J connectivity index is 1.69. The molecule has 2 heterocycles. The van der Waals surface area contributed by atoms with E-state index in [-0.39, 0.29) is 22.2 Å². The number of ether oxygens (including phenoxy) is 1. The molecule has 0 atom stereocenters. The molecule has 0 spiro atoms. The smallest absolute Gasteiger partial charge is 0.267 e. The molecule has 0 radical (unpaired) electrons. The summed E-state index contributed by atoms with van der Waals surface area (Å²) in [5.74, 6) is -3.10. The number of carbonyl (C=O) groups is 2. The van der Waals surface area contributed by atoms with Gasteiger partial charge in [-0.05, 0) is 43.7 Å². The summed E-state index contributed by atoms with van der Waals surface area (Å²) in [4.78, 5) is 28.8. The lowest BCUT2D eigenvalue weighted by Crippen LogP contribution is -2.18. The molecule has 8 nitrogen and oxygen atoms in total. The van der Waals surface area contributed by atoms with Gasteiger partial charge in [-0.1, -0.05) is 12.1 Å². The maximum Gasteiger partial charge on any atom is 0.267 e. The lowest BCUT2D eigenvalue weighted by Gasteiger charge is -2.11. The Hall–Kier alpha value is -4.34. The first kappa shape index (κ1) is 22.8. The number of aromatic nitrogens is 3. The Morgan fingerprint density at radius 3 is 2.41 bits per heavy atom. The third-order valence-electron chi connectivity index (χ3n) is 5.46. The average Bonchev–Trinajstić information content (AvgIpc) is 3.06. The highest BCUT2D eigenvalue weighted by Gasteiger charge is 2.21. The molecule has 2 aromatic carbocycles. The summed E-state index contributed by atoms with van der Waals surface area (Å²) >= 11 is 0. The highest BCUT2D eigenvalue weighted by atomic mass is 19.2. The van der Waals surface area contributed by atoms with Crippen molar-refractivity contribution in [1.82, 2.24) is 14.8 Å². The Labute approximate surface area is 193 Å². The van der Waals surface area contributed by atoms with Gasteiger partial charge >= 0.3 is 0 Å². The molecule has 0 unspecified atom stereocenters. The molecular formula is C24H21F2N5O3. The number of fused-ring (bicyclic) bond motifs is 1. The number of hydrogen-bond acceptors (Lipinski definition) is 5. The Kier molecular flexibility index (Phi) is 5.97. The Bertz CT molecular complexity index is 1430. The van der Waals surface area contributed by atoms with Crippen LogP contribution in [0.5, 0.6) is 5.75 Å². The van der Waals surface area contributed by atoms with Crippen LogP contribution in [-0.4, -0.2) is 33.7 Å². The van der Waals surface area contributed by atoms with Gasteiger partial charge in [0.25, 0.3) is 11.8 Å². The van der Waals surface area contributed by atoms with Crippen LogP contribution in [0.2, 0.25) is 0 Å². The van der Waals surface area contributed by atoms with E-state index in [9.17, 15) is 18.4 Å². The number of benzene rings is 2. The van der Waals surface area contributed by atoms with E-state index < -0.39 is 23.4 Å². The SMILES string of the molecule is COc1ccc(Cn2nc(C)c(NC(=O)c3cc(C(N)=O)nc4cc(F)c(F)cc34)c2C)cc1. The normalized spacial score (nSPS) is 11.0. The highest BCUT2D eigenvalue weighted by Crippen LogP contribution is 2.26. The molecule has 174 valence electrons. The van der Waals surface area contributed by atoms with Crippen molar-refractivity contribution in [2.24, 2.45) is 5.73 Å². The number of methoxy groups -OCH3 is 1. The van der Waals surface area contributed by atoms with Crippen molar-refractivity contribution < 1.29 is 23.1 Å². The van der Waals surface area contributed by atoms with E-state index in [1.54, 1.807) is 25.6 Å². The second-order valence-electron chi connectivity index (χ2n) is 7.71. The Morgan fingerprint density at radius 2 is 1.76 bits per heavy atom. The molecule has 0 saturated carbocycles. The molecule has 0 aliphatic rings. The standard InChI is InChI=1S/C24H21F2N5O3/c1-12-22(13(2)31(30-12)11-14-4-6-15(34-3)7-5-14)29-24(33)17-9-21(23(27)32)28-20-10-19(26)18(25)8-16(17)20/h4-10H,11H2,1-3H3,(H2,27,32)(H,29,33). The number of anilines is 1. The number of pyridine rings is 1. The summed E-state index contributed by atoms with van der Waals surface area (Å²) in [6, 6.07) is 10.4. The van der Waals surface area contributed by atoms with Gasteiger partial charge in [0.2, 0.25) is 0 Å². The fourth-order valence-electron chi connectivity index (χ4n) is 3.65. The number of amides is 2. The van der Waals surface area contributed by atoms with Crippen LogP contribution in [0.1, 0.15) is 37.8 Å². The van der Waals surface area contributed by atoms with E-state index in [0.29, 0.717) is 23.6 Å². The molecular weight excluding hydrogens is 444 g/mol. The first-order valence-corrected chi connectivity index (χ1v) is 10.3. The largest absolute Gasteiger partial charge is 0.497 e. The molecule has 0 bridgehead atoms. The van der Waals surface area contributed by atoms with Crippen molar-refractivity contribution >= 4 is 28.4 Å². The van der Waals surface area contributed by atoms with Gasteiger partial charge in [0.15, 0.2) is 11.6 Å². The van der Waals surface area contributed by atoms with Crippen molar-refractivity contribution in [2.75, 3.05) is 12.4 Å². The van der Waals surface area contributed by atoms with Crippen LogP contribution in [0.3, 0.4) is 0 Å². The predicted octanol–water partition coefficient (Wildman–Crippen LogP) is 3.73. The summed E-state index contributed by atoms with van der Waals surface area (Å²) in [7, 11) is 1.59. The van der Waals surface area contributed by atoms with E-state index in [1.165, 1.54) is 0 Å². The first-order valence-electron chi connectivity index (χ1n) is 10.3. The fourth-order valence-corrected chi connectivity index (χ4v) is 3.65. The number of nitrogens with zero attached hydrogens (tertiary/aromatic N) is 3. The zero-order chi connectivity index (χ0) is 24.6. The molecule has 10 heteroatoms. The topological polar surface area (TPSA) is 112 Å². The number of rotatable bonds is 6. The van der Waals surface area contributed by atoms with Gasteiger partial charge in [0.05, 0.1) is 41.8 Å². The predicted molar refractivity (Wildman–Crippen MR) is 122 cm³/mol. The monoisotopic (exact) mass is 465 g/mol. The van der Waals surface area contributed by atoms with Crippen LogP contribution >= 0.6 is 0 Å². The molecule has 34 heavy (non-hydrogen) atoms. The zero-order valence-corrected chi connectivity index (χ0v) is 18.6. The maximum absolute atomic E-state index is 13.9. The van der Waals surface area contributed by atoms with Crippen LogP contribution in [-0.2, 0) is 6.54 Å². The van der Waals surface area contributed by atoms with E-state index in [0.717, 1.165) is 29.5 Å². The van der Waals surface area contributed by atoms with E-state index >= 15 is 0 Å². The maximum atomic E-state index is 13.9. The summed E-state index contributed by atoms with van der Waals surface area (Å²) in [5.41, 5.74) is 7.63. The summed E-state index contributed by atoms with van der Waals surface area (Å²) in [6.07, 6.45) is 0. The van der Waals surface area contributed by atoms with Crippen LogP contribution in [0.15, 0.2) is 42.5 Å². The van der Waals surface area contributed by atoms with E-state index in [1.807, 2.05) is 24.3 Å². The summed E-state index contributed by atoms with van der Waals surface area (Å²) < 4.78 is 34.6. The number of primary amides is 1. The number of carbonyl (C=O) groups excluding carboxylic acids is 2. The van der Waals surface area contributed by atoms with Crippen LogP contribution in [0, 0.1) is 25.5 Å². The van der Waals surface area contributed by atoms with Gasteiger partial charge < -0.3 is 15.8 Å². The molecule has 4 aromatic rings. The van der Waals surface area contributed by atoms with Crippen molar-refractivity contribution in [3.8, 4) is 5.75 Å². The lowest BCUT2D eigenvalue weighted by molar-refractivity contribution is 0.0996. The molecule has 0 aliphatic heterocycles. The van der Waals surface area contributed by atoms with Gasteiger partial charge in [-0.2, -0.15) is 5.10 Å². The Morgan fingerprint density at radius 1 is 1.09 bits per heavy atom. The molecule has 3 N–H and O–H groups in total. The van der Waals surface area contributed by atoms with E-state index in [2.05, 4.69) is 15.4 Å². The van der Waals surface area contributed by atoms with Crippen LogP contribution < -0.4 is 15.8 Å². The quantitative estimate of drug-likeness (QED) is 0.451. The van der Waals surface area contributed by atoms with E-state index in [4.69, 9.17) is 10.5 Å². The van der Waals surface area contributed by atoms with Crippen molar-refractivity contribution in [2.45, 2.75) is 20.4 Å². The molecule has 0 saturated heterocycles. The molecule has 0 aliphatic carbocycles. The van der Waals surface area contributed by atoms with Gasteiger partial charge in [-0.3, -0.25) is 14.3 Å². The van der Waals surface area contributed by atoms with Gasteiger partial charge in [0, 0.05) is 11.5 Å².